The van der Waals surface area contributed by atoms with Crippen molar-refractivity contribution >= 4 is 10.0 Å². The molecule has 0 amide bonds. The molecule has 6 heteroatoms. The summed E-state index contributed by atoms with van der Waals surface area (Å²) in [5, 5.41) is 9.25. The SMILES string of the molecule is COc1ccc(CO)cc1S(=O)(=O)N(CC1CC1)C(C)C. The monoisotopic (exact) mass is 313 g/mol. The summed E-state index contributed by atoms with van der Waals surface area (Å²) in [4.78, 5) is 0.130. The minimum atomic E-state index is -3.63. The molecule has 1 N–H and O–H groups in total. The fourth-order valence-corrected chi connectivity index (χ4v) is 4.21. The molecule has 5 nitrogen and oxygen atoms in total. The van der Waals surface area contributed by atoms with Gasteiger partial charge in [-0.3, -0.25) is 0 Å². The van der Waals surface area contributed by atoms with Gasteiger partial charge in [-0.05, 0) is 50.3 Å². The lowest BCUT2D eigenvalue weighted by molar-refractivity contribution is 0.281. The second-order valence-electron chi connectivity index (χ2n) is 5.76. The summed E-state index contributed by atoms with van der Waals surface area (Å²) in [5.74, 6) is 0.780. The van der Waals surface area contributed by atoms with Gasteiger partial charge in [0.15, 0.2) is 0 Å². The zero-order valence-corrected chi connectivity index (χ0v) is 13.6. The molecule has 0 saturated heterocycles. The molecule has 0 atom stereocenters. The number of aliphatic hydroxyl groups is 1. The summed E-state index contributed by atoms with van der Waals surface area (Å²) in [5.41, 5.74) is 0.560. The molecule has 118 valence electrons. The molecule has 1 aromatic carbocycles. The normalized spacial score (nSPS) is 15.7. The quantitative estimate of drug-likeness (QED) is 0.836. The first-order valence-electron chi connectivity index (χ1n) is 7.19. The average molecular weight is 313 g/mol. The van der Waals surface area contributed by atoms with Crippen LogP contribution in [-0.2, 0) is 16.6 Å². The van der Waals surface area contributed by atoms with Crippen molar-refractivity contribution in [3.05, 3.63) is 23.8 Å². The zero-order chi connectivity index (χ0) is 15.6. The third kappa shape index (κ3) is 3.56. The molecular formula is C15H23NO4S. The number of rotatable bonds is 7. The molecule has 2 rings (SSSR count). The van der Waals surface area contributed by atoms with Crippen LogP contribution in [0, 0.1) is 5.92 Å². The van der Waals surface area contributed by atoms with Gasteiger partial charge in [0, 0.05) is 12.6 Å². The maximum absolute atomic E-state index is 12.9. The summed E-state index contributed by atoms with van der Waals surface area (Å²) in [6, 6.07) is 4.64. The van der Waals surface area contributed by atoms with Crippen molar-refractivity contribution in [2.24, 2.45) is 5.92 Å². The maximum atomic E-state index is 12.9. The van der Waals surface area contributed by atoms with E-state index in [4.69, 9.17) is 4.74 Å². The number of ether oxygens (including phenoxy) is 1. The topological polar surface area (TPSA) is 66.8 Å². The predicted octanol–water partition coefficient (Wildman–Crippen LogP) is 2.00. The minimum absolute atomic E-state index is 0.113. The lowest BCUT2D eigenvalue weighted by atomic mass is 10.2. The van der Waals surface area contributed by atoms with E-state index in [1.807, 2.05) is 13.8 Å². The molecule has 1 fully saturated rings. The van der Waals surface area contributed by atoms with Crippen molar-refractivity contribution < 1.29 is 18.3 Å². The Bertz CT molecular complexity index is 594. The van der Waals surface area contributed by atoms with Gasteiger partial charge in [0.1, 0.15) is 10.6 Å². The molecule has 1 aliphatic rings. The highest BCUT2D eigenvalue weighted by Crippen LogP contribution is 2.34. The zero-order valence-electron chi connectivity index (χ0n) is 12.7. The third-order valence-electron chi connectivity index (χ3n) is 3.71. The van der Waals surface area contributed by atoms with Crippen molar-refractivity contribution in [3.63, 3.8) is 0 Å². The summed E-state index contributed by atoms with van der Waals surface area (Å²) < 4.78 is 32.6. The van der Waals surface area contributed by atoms with Crippen LogP contribution in [0.15, 0.2) is 23.1 Å². The van der Waals surface area contributed by atoms with Crippen LogP contribution in [0.3, 0.4) is 0 Å². The van der Waals surface area contributed by atoms with Gasteiger partial charge in [0.05, 0.1) is 13.7 Å². The summed E-state index contributed by atoms with van der Waals surface area (Å²) >= 11 is 0. The predicted molar refractivity (Wildman–Crippen MR) is 80.7 cm³/mol. The van der Waals surface area contributed by atoms with Gasteiger partial charge in [-0.25, -0.2) is 8.42 Å². The Hall–Kier alpha value is -1.11. The van der Waals surface area contributed by atoms with E-state index >= 15 is 0 Å². The lowest BCUT2D eigenvalue weighted by Crippen LogP contribution is -2.38. The number of sulfonamides is 1. The summed E-state index contributed by atoms with van der Waals surface area (Å²) in [6.45, 7) is 4.11. The van der Waals surface area contributed by atoms with E-state index < -0.39 is 10.0 Å². The second kappa shape index (κ2) is 6.34. The average Bonchev–Trinajstić information content (AvgIpc) is 3.27. The maximum Gasteiger partial charge on any atom is 0.247 e. The highest BCUT2D eigenvalue weighted by atomic mass is 32.2. The van der Waals surface area contributed by atoms with Crippen LogP contribution in [-0.4, -0.2) is 37.5 Å². The molecule has 21 heavy (non-hydrogen) atoms. The highest BCUT2D eigenvalue weighted by Gasteiger charge is 2.35. The first-order valence-corrected chi connectivity index (χ1v) is 8.63. The number of hydrogen-bond acceptors (Lipinski definition) is 4. The van der Waals surface area contributed by atoms with Gasteiger partial charge in [-0.2, -0.15) is 4.31 Å². The van der Waals surface area contributed by atoms with Crippen LogP contribution in [0.4, 0.5) is 0 Å². The molecule has 1 aromatic rings. The number of hydrogen-bond donors (Lipinski definition) is 1. The van der Waals surface area contributed by atoms with Crippen molar-refractivity contribution in [1.82, 2.24) is 4.31 Å². The van der Waals surface area contributed by atoms with Gasteiger partial charge in [-0.1, -0.05) is 6.07 Å². The van der Waals surface area contributed by atoms with E-state index in [1.165, 1.54) is 17.5 Å². The standard InChI is InChI=1S/C15H23NO4S/c1-11(2)16(9-12-4-5-12)21(18,19)15-8-13(10-17)6-7-14(15)20-3/h6-8,11-12,17H,4-5,9-10H2,1-3H3. The van der Waals surface area contributed by atoms with Crippen LogP contribution in [0.1, 0.15) is 32.3 Å². The Morgan fingerprint density at radius 1 is 1.38 bits per heavy atom. The Morgan fingerprint density at radius 2 is 2.05 bits per heavy atom. The van der Waals surface area contributed by atoms with E-state index in [0.29, 0.717) is 23.8 Å². The Morgan fingerprint density at radius 3 is 2.52 bits per heavy atom. The Balaban J connectivity index is 2.44. The van der Waals surface area contributed by atoms with Gasteiger partial charge in [0.25, 0.3) is 0 Å². The first kappa shape index (κ1) is 16.3. The molecule has 0 aromatic heterocycles. The fourth-order valence-electron chi connectivity index (χ4n) is 2.29. The van der Waals surface area contributed by atoms with Crippen molar-refractivity contribution in [1.29, 1.82) is 0 Å². The van der Waals surface area contributed by atoms with E-state index in [2.05, 4.69) is 0 Å². The van der Waals surface area contributed by atoms with Crippen LogP contribution < -0.4 is 4.74 Å². The van der Waals surface area contributed by atoms with Gasteiger partial charge in [0.2, 0.25) is 10.0 Å². The number of methoxy groups -OCH3 is 1. The van der Waals surface area contributed by atoms with Crippen molar-refractivity contribution in [2.75, 3.05) is 13.7 Å². The van der Waals surface area contributed by atoms with Crippen molar-refractivity contribution in [2.45, 2.75) is 44.2 Å². The molecule has 0 spiro atoms. The molecule has 0 radical (unpaired) electrons. The third-order valence-corrected chi connectivity index (χ3v) is 5.77. The summed E-state index contributed by atoms with van der Waals surface area (Å²) in [7, 11) is -2.18. The molecule has 1 aliphatic carbocycles. The molecule has 0 bridgehead atoms. The molecule has 1 saturated carbocycles. The molecule has 0 unspecified atom stereocenters. The van der Waals surface area contributed by atoms with Gasteiger partial charge < -0.3 is 9.84 Å². The smallest absolute Gasteiger partial charge is 0.247 e. The van der Waals surface area contributed by atoms with Crippen LogP contribution in [0.25, 0.3) is 0 Å². The minimum Gasteiger partial charge on any atom is -0.495 e. The van der Waals surface area contributed by atoms with E-state index in [-0.39, 0.29) is 17.5 Å². The lowest BCUT2D eigenvalue weighted by Gasteiger charge is -2.26. The summed E-state index contributed by atoms with van der Waals surface area (Å²) in [6.07, 6.45) is 2.18. The van der Waals surface area contributed by atoms with Crippen LogP contribution >= 0.6 is 0 Å². The van der Waals surface area contributed by atoms with Crippen molar-refractivity contribution in [3.8, 4) is 5.75 Å². The Labute approximate surface area is 126 Å². The number of benzene rings is 1. The van der Waals surface area contributed by atoms with Gasteiger partial charge >= 0.3 is 0 Å². The Kier molecular flexibility index (Phi) is 4.91. The van der Waals surface area contributed by atoms with E-state index in [9.17, 15) is 13.5 Å². The first-order chi connectivity index (χ1) is 9.90. The highest BCUT2D eigenvalue weighted by molar-refractivity contribution is 7.89. The van der Waals surface area contributed by atoms with E-state index in [1.54, 1.807) is 12.1 Å². The largest absolute Gasteiger partial charge is 0.495 e. The van der Waals surface area contributed by atoms with E-state index in [0.717, 1.165) is 12.8 Å². The van der Waals surface area contributed by atoms with Crippen LogP contribution in [0.2, 0.25) is 0 Å². The second-order valence-corrected chi connectivity index (χ2v) is 7.61. The van der Waals surface area contributed by atoms with Gasteiger partial charge in [-0.15, -0.1) is 0 Å². The molecule has 0 heterocycles. The van der Waals surface area contributed by atoms with Crippen LogP contribution in [0.5, 0.6) is 5.75 Å². The number of nitrogens with zero attached hydrogens (tertiary/aromatic N) is 1. The molecular weight excluding hydrogens is 290 g/mol. The fraction of sp³-hybridized carbons (Fsp3) is 0.600. The molecule has 0 aliphatic heterocycles. The number of aliphatic hydroxyl groups excluding tert-OH is 1.